The summed E-state index contributed by atoms with van der Waals surface area (Å²) in [5.41, 5.74) is 6.90. The molecule has 2 aromatic heterocycles. The van der Waals surface area contributed by atoms with Crippen LogP contribution < -0.4 is 16.2 Å². The fourth-order valence-electron chi connectivity index (χ4n) is 2.66. The Hall–Kier alpha value is -3.88. The summed E-state index contributed by atoms with van der Waals surface area (Å²) in [6, 6.07) is 11.6. The Morgan fingerprint density at radius 1 is 1.07 bits per heavy atom. The first-order valence-electron chi connectivity index (χ1n) is 8.57. The van der Waals surface area contributed by atoms with Crippen molar-refractivity contribution in [3.05, 3.63) is 65.6 Å². The van der Waals surface area contributed by atoms with Gasteiger partial charge in [0.25, 0.3) is 11.8 Å². The normalized spacial score (nSPS) is 10.4. The number of aryl methyl sites for hydroxylation is 1. The zero-order valence-electron chi connectivity index (χ0n) is 15.4. The Bertz CT molecular complexity index is 1040. The molecule has 2 heterocycles. The van der Waals surface area contributed by atoms with Crippen LogP contribution in [0.4, 0.5) is 10.5 Å². The van der Waals surface area contributed by atoms with Crippen molar-refractivity contribution in [2.75, 3.05) is 11.9 Å². The number of hydrogen-bond acceptors (Lipinski definition) is 5. The number of benzene rings is 1. The number of aromatic nitrogens is 2. The first-order chi connectivity index (χ1) is 13.5. The molecule has 0 fully saturated rings. The Kier molecular flexibility index (Phi) is 5.54. The highest BCUT2D eigenvalue weighted by Gasteiger charge is 2.17. The molecule has 144 valence electrons. The summed E-state index contributed by atoms with van der Waals surface area (Å²) < 4.78 is 6.44. The topological polar surface area (TPSA) is 114 Å². The second kappa shape index (κ2) is 8.21. The van der Waals surface area contributed by atoms with E-state index in [0.29, 0.717) is 22.7 Å². The van der Waals surface area contributed by atoms with Crippen LogP contribution in [0, 0.1) is 6.92 Å². The van der Waals surface area contributed by atoms with Crippen LogP contribution in [0.25, 0.3) is 5.65 Å². The molecule has 0 spiro atoms. The molecule has 3 amide bonds. The van der Waals surface area contributed by atoms with E-state index in [1.54, 1.807) is 54.8 Å². The van der Waals surface area contributed by atoms with Crippen molar-refractivity contribution in [2.45, 2.75) is 13.8 Å². The largest absolute Gasteiger partial charge is 0.450 e. The van der Waals surface area contributed by atoms with E-state index in [4.69, 9.17) is 4.74 Å². The van der Waals surface area contributed by atoms with Gasteiger partial charge in [-0.25, -0.2) is 9.78 Å². The number of nitrogens with one attached hydrogen (secondary N) is 3. The molecule has 0 unspecified atom stereocenters. The third kappa shape index (κ3) is 4.09. The molecule has 0 saturated heterocycles. The van der Waals surface area contributed by atoms with Crippen LogP contribution in [-0.4, -0.2) is 33.9 Å². The van der Waals surface area contributed by atoms with E-state index in [0.717, 1.165) is 0 Å². The highest BCUT2D eigenvalue weighted by molar-refractivity contribution is 6.00. The molecule has 0 aliphatic heterocycles. The highest BCUT2D eigenvalue weighted by atomic mass is 16.5. The number of fused-ring (bicyclic) bond motifs is 1. The number of carbonyl (C=O) groups excluding carboxylic acids is 3. The number of hydrazine groups is 1. The van der Waals surface area contributed by atoms with Gasteiger partial charge < -0.3 is 4.74 Å². The van der Waals surface area contributed by atoms with E-state index in [2.05, 4.69) is 21.2 Å². The second-order valence-corrected chi connectivity index (χ2v) is 5.81. The highest BCUT2D eigenvalue weighted by Crippen LogP contribution is 2.12. The molecule has 0 aliphatic rings. The van der Waals surface area contributed by atoms with Crippen molar-refractivity contribution in [3.63, 3.8) is 0 Å². The first kappa shape index (κ1) is 18.9. The Morgan fingerprint density at radius 2 is 1.86 bits per heavy atom. The molecule has 1 aromatic carbocycles. The van der Waals surface area contributed by atoms with E-state index in [1.165, 1.54) is 6.07 Å². The number of anilines is 1. The van der Waals surface area contributed by atoms with Crippen LogP contribution in [0.2, 0.25) is 0 Å². The van der Waals surface area contributed by atoms with Gasteiger partial charge in [-0.3, -0.25) is 30.2 Å². The number of carbonyl (C=O) groups is 3. The molecule has 9 heteroatoms. The van der Waals surface area contributed by atoms with E-state index in [-0.39, 0.29) is 12.2 Å². The van der Waals surface area contributed by atoms with Gasteiger partial charge in [0.15, 0.2) is 0 Å². The summed E-state index contributed by atoms with van der Waals surface area (Å²) in [7, 11) is 0. The molecule has 3 N–H and O–H groups in total. The molecule has 9 nitrogen and oxygen atoms in total. The van der Waals surface area contributed by atoms with E-state index in [1.807, 2.05) is 6.07 Å². The lowest BCUT2D eigenvalue weighted by molar-refractivity contribution is 0.0843. The molecule has 0 bridgehead atoms. The summed E-state index contributed by atoms with van der Waals surface area (Å²) in [5, 5.41) is 2.51. The van der Waals surface area contributed by atoms with Gasteiger partial charge in [-0.1, -0.05) is 12.1 Å². The van der Waals surface area contributed by atoms with Crippen LogP contribution in [0.15, 0.2) is 48.7 Å². The first-order valence-corrected chi connectivity index (χ1v) is 8.57. The second-order valence-electron chi connectivity index (χ2n) is 5.81. The minimum absolute atomic E-state index is 0.237. The maximum absolute atomic E-state index is 12.5. The predicted molar refractivity (Wildman–Crippen MR) is 102 cm³/mol. The van der Waals surface area contributed by atoms with Crippen molar-refractivity contribution in [2.24, 2.45) is 0 Å². The minimum Gasteiger partial charge on any atom is -0.450 e. The Labute approximate surface area is 160 Å². The number of nitrogens with zero attached hydrogens (tertiary/aromatic N) is 2. The van der Waals surface area contributed by atoms with Crippen LogP contribution >= 0.6 is 0 Å². The molecule has 0 saturated carbocycles. The van der Waals surface area contributed by atoms with Gasteiger partial charge in [0.2, 0.25) is 0 Å². The van der Waals surface area contributed by atoms with Gasteiger partial charge in [-0.15, -0.1) is 0 Å². The lowest BCUT2D eigenvalue weighted by Crippen LogP contribution is -2.42. The fraction of sp³-hybridized carbons (Fsp3) is 0.158. The van der Waals surface area contributed by atoms with E-state index in [9.17, 15) is 14.4 Å². The molecular weight excluding hydrogens is 362 g/mol. The van der Waals surface area contributed by atoms with Crippen molar-refractivity contribution in [3.8, 4) is 0 Å². The molecule has 0 radical (unpaired) electrons. The predicted octanol–water partition coefficient (Wildman–Crippen LogP) is 2.29. The summed E-state index contributed by atoms with van der Waals surface area (Å²) in [6.07, 6.45) is 1.10. The van der Waals surface area contributed by atoms with Crippen molar-refractivity contribution >= 4 is 29.2 Å². The maximum Gasteiger partial charge on any atom is 0.411 e. The quantitative estimate of drug-likeness (QED) is 0.600. The molecule has 28 heavy (non-hydrogen) atoms. The zero-order chi connectivity index (χ0) is 20.1. The van der Waals surface area contributed by atoms with Crippen LogP contribution in [0.5, 0.6) is 0 Å². The average molecular weight is 381 g/mol. The fourth-order valence-corrected chi connectivity index (χ4v) is 2.66. The van der Waals surface area contributed by atoms with Crippen molar-refractivity contribution in [1.82, 2.24) is 20.2 Å². The van der Waals surface area contributed by atoms with E-state index < -0.39 is 17.9 Å². The zero-order valence-corrected chi connectivity index (χ0v) is 15.4. The van der Waals surface area contributed by atoms with Crippen molar-refractivity contribution < 1.29 is 19.1 Å². The monoisotopic (exact) mass is 381 g/mol. The number of ether oxygens (including phenoxy) is 1. The lowest BCUT2D eigenvalue weighted by Gasteiger charge is -2.09. The summed E-state index contributed by atoms with van der Waals surface area (Å²) in [6.45, 7) is 3.65. The Balaban J connectivity index is 1.67. The lowest BCUT2D eigenvalue weighted by atomic mass is 10.2. The number of rotatable bonds is 4. The third-order valence-corrected chi connectivity index (χ3v) is 3.86. The molecule has 0 aliphatic carbocycles. The number of hydrogen-bond donors (Lipinski definition) is 3. The molecular formula is C19H19N5O4. The van der Waals surface area contributed by atoms with E-state index >= 15 is 0 Å². The maximum atomic E-state index is 12.5. The van der Waals surface area contributed by atoms with Gasteiger partial charge in [0.05, 0.1) is 12.3 Å². The SMILES string of the molecule is CCOC(=O)Nc1cccc(C(=O)NNC(=O)c2c(C)nc3ccccn23)c1. The van der Waals surface area contributed by atoms with Gasteiger partial charge in [0.1, 0.15) is 11.3 Å². The van der Waals surface area contributed by atoms with Crippen LogP contribution in [0.3, 0.4) is 0 Å². The summed E-state index contributed by atoms with van der Waals surface area (Å²) in [4.78, 5) is 40.6. The molecule has 3 aromatic rings. The van der Waals surface area contributed by atoms with Gasteiger partial charge in [0, 0.05) is 17.4 Å². The minimum atomic E-state index is -0.614. The third-order valence-electron chi connectivity index (χ3n) is 3.86. The standard InChI is InChI=1S/C19H19N5O4/c1-3-28-19(27)21-14-8-6-7-13(11-14)17(25)22-23-18(26)16-12(2)20-15-9-4-5-10-24(15)16/h4-11H,3H2,1-2H3,(H,21,27)(H,22,25)(H,23,26). The number of amides is 3. The molecule has 0 atom stereocenters. The Morgan fingerprint density at radius 3 is 2.64 bits per heavy atom. The van der Waals surface area contributed by atoms with Gasteiger partial charge >= 0.3 is 6.09 Å². The average Bonchev–Trinajstić information content (AvgIpc) is 3.02. The van der Waals surface area contributed by atoms with Crippen LogP contribution in [-0.2, 0) is 4.74 Å². The number of imidazole rings is 1. The van der Waals surface area contributed by atoms with Gasteiger partial charge in [-0.05, 0) is 44.2 Å². The smallest absolute Gasteiger partial charge is 0.411 e. The van der Waals surface area contributed by atoms with Crippen LogP contribution in [0.1, 0.15) is 33.5 Å². The van der Waals surface area contributed by atoms with Gasteiger partial charge in [-0.2, -0.15) is 0 Å². The number of pyridine rings is 1. The summed E-state index contributed by atoms with van der Waals surface area (Å²) in [5.74, 6) is -1.03. The summed E-state index contributed by atoms with van der Waals surface area (Å²) >= 11 is 0. The van der Waals surface area contributed by atoms with Crippen molar-refractivity contribution in [1.29, 1.82) is 0 Å². The molecule has 3 rings (SSSR count).